The Labute approximate surface area is 292 Å². The van der Waals surface area contributed by atoms with Gasteiger partial charge in [0.15, 0.2) is 0 Å². The summed E-state index contributed by atoms with van der Waals surface area (Å²) in [5, 5.41) is 7.10. The predicted octanol–water partition coefficient (Wildman–Crippen LogP) is 13.3. The summed E-state index contributed by atoms with van der Waals surface area (Å²) in [5.41, 5.74) is 11.5. The van der Waals surface area contributed by atoms with Crippen molar-refractivity contribution in [3.05, 3.63) is 157 Å². The van der Waals surface area contributed by atoms with Crippen LogP contribution >= 0.6 is 0 Å². The third kappa shape index (κ3) is 4.84. The third-order valence-corrected chi connectivity index (χ3v) is 10.2. The lowest BCUT2D eigenvalue weighted by atomic mass is 9.88. The maximum absolute atomic E-state index is 6.84. The number of hydrogen-bond acceptors (Lipinski definition) is 2. The van der Waals surface area contributed by atoms with Crippen LogP contribution in [-0.4, -0.2) is 9.55 Å². The molecule has 0 radical (unpaired) electrons. The largest absolute Gasteiger partial charge is 0.455 e. The molecule has 9 aromatic rings. The van der Waals surface area contributed by atoms with Gasteiger partial charge in [-0.1, -0.05) is 125 Å². The standard InChI is InChI=1S/C47H38N2O/c1-29(2)39-24-33(31-14-7-5-8-15-31)25-40(30(3)4)45(39)49-23-22-48-47(49)38-21-13-20-37-43-28-42-34(27-44(43)50-46(37)38)26-41(32-16-9-6-10-17-32)35-18-11-12-19-36(35)42/h5-30H,1-4H3. The molecule has 2 heterocycles. The van der Waals surface area contributed by atoms with E-state index in [4.69, 9.17) is 9.40 Å². The minimum atomic E-state index is 0.312. The molecule has 9 rings (SSSR count). The molecule has 3 nitrogen and oxygen atoms in total. The Morgan fingerprint density at radius 2 is 1.16 bits per heavy atom. The van der Waals surface area contributed by atoms with Crippen molar-refractivity contribution >= 4 is 43.5 Å². The Morgan fingerprint density at radius 3 is 1.86 bits per heavy atom. The van der Waals surface area contributed by atoms with Crippen LogP contribution in [0.15, 0.2) is 150 Å². The van der Waals surface area contributed by atoms with Crippen molar-refractivity contribution in [3.63, 3.8) is 0 Å². The minimum absolute atomic E-state index is 0.312. The average molecular weight is 647 g/mol. The molecule has 0 aliphatic heterocycles. The van der Waals surface area contributed by atoms with Crippen LogP contribution < -0.4 is 0 Å². The molecular weight excluding hydrogens is 609 g/mol. The van der Waals surface area contributed by atoms with E-state index in [2.05, 4.69) is 172 Å². The number of rotatable bonds is 6. The smallest absolute Gasteiger partial charge is 0.148 e. The lowest BCUT2D eigenvalue weighted by Crippen LogP contribution is -2.08. The highest BCUT2D eigenvalue weighted by Crippen LogP contribution is 2.43. The molecule has 0 saturated heterocycles. The van der Waals surface area contributed by atoms with Crippen molar-refractivity contribution in [2.75, 3.05) is 0 Å². The fourth-order valence-electron chi connectivity index (χ4n) is 7.75. The number of aromatic nitrogens is 2. The SMILES string of the molecule is CC(C)c1cc(-c2ccccc2)cc(C(C)C)c1-n1ccnc1-c1cccc2c1oc1cc3cc(-c4ccccc4)c4ccccc4c3cc12. The van der Waals surface area contributed by atoms with Gasteiger partial charge >= 0.3 is 0 Å². The van der Waals surface area contributed by atoms with E-state index in [-0.39, 0.29) is 0 Å². The Morgan fingerprint density at radius 1 is 0.520 bits per heavy atom. The zero-order valence-electron chi connectivity index (χ0n) is 28.8. The molecule has 0 N–H and O–H groups in total. The average Bonchev–Trinajstić information content (AvgIpc) is 3.78. The molecule has 0 bridgehead atoms. The maximum atomic E-state index is 6.84. The molecule has 7 aromatic carbocycles. The van der Waals surface area contributed by atoms with Crippen LogP contribution in [0.4, 0.5) is 0 Å². The van der Waals surface area contributed by atoms with Gasteiger partial charge in [-0.2, -0.15) is 0 Å². The van der Waals surface area contributed by atoms with Gasteiger partial charge in [-0.3, -0.25) is 4.57 Å². The van der Waals surface area contributed by atoms with E-state index in [0.717, 1.165) is 33.3 Å². The van der Waals surface area contributed by atoms with Gasteiger partial charge in [0.1, 0.15) is 17.0 Å². The zero-order chi connectivity index (χ0) is 33.9. The summed E-state index contributed by atoms with van der Waals surface area (Å²) in [6, 6.07) is 48.1. The van der Waals surface area contributed by atoms with Gasteiger partial charge in [-0.05, 0) is 103 Å². The Kier molecular flexibility index (Phi) is 7.17. The van der Waals surface area contributed by atoms with Crippen LogP contribution in [0.5, 0.6) is 0 Å². The molecule has 0 atom stereocenters. The van der Waals surface area contributed by atoms with Gasteiger partial charge in [0, 0.05) is 23.2 Å². The predicted molar refractivity (Wildman–Crippen MR) is 210 cm³/mol. The molecular formula is C47H38N2O. The van der Waals surface area contributed by atoms with Gasteiger partial charge in [0.05, 0.1) is 11.3 Å². The van der Waals surface area contributed by atoms with E-state index in [0.29, 0.717) is 11.8 Å². The summed E-state index contributed by atoms with van der Waals surface area (Å²) < 4.78 is 9.13. The molecule has 0 amide bonds. The van der Waals surface area contributed by atoms with Crippen LogP contribution in [-0.2, 0) is 0 Å². The molecule has 0 fully saturated rings. The number of fused-ring (bicyclic) bond motifs is 6. The lowest BCUT2D eigenvalue weighted by Gasteiger charge is -2.23. The van der Waals surface area contributed by atoms with Gasteiger partial charge in [-0.15, -0.1) is 0 Å². The number of benzene rings is 7. The zero-order valence-corrected chi connectivity index (χ0v) is 28.8. The second-order valence-corrected chi connectivity index (χ2v) is 14.0. The first-order chi connectivity index (χ1) is 24.5. The van der Waals surface area contributed by atoms with E-state index < -0.39 is 0 Å². The van der Waals surface area contributed by atoms with Crippen molar-refractivity contribution in [2.24, 2.45) is 0 Å². The summed E-state index contributed by atoms with van der Waals surface area (Å²) in [6.45, 7) is 9.13. The highest BCUT2D eigenvalue weighted by atomic mass is 16.3. The van der Waals surface area contributed by atoms with Gasteiger partial charge < -0.3 is 4.42 Å². The van der Waals surface area contributed by atoms with Gasteiger partial charge in [0.2, 0.25) is 0 Å². The van der Waals surface area contributed by atoms with E-state index in [9.17, 15) is 0 Å². The topological polar surface area (TPSA) is 31.0 Å². The van der Waals surface area contributed by atoms with Crippen molar-refractivity contribution in [2.45, 2.75) is 39.5 Å². The molecule has 2 aromatic heterocycles. The maximum Gasteiger partial charge on any atom is 0.148 e. The quantitative estimate of drug-likeness (QED) is 0.168. The number of para-hydroxylation sites is 1. The highest BCUT2D eigenvalue weighted by molar-refractivity contribution is 6.20. The summed E-state index contributed by atoms with van der Waals surface area (Å²) in [6.07, 6.45) is 4.03. The molecule has 0 unspecified atom stereocenters. The number of nitrogens with zero attached hydrogens (tertiary/aromatic N) is 2. The van der Waals surface area contributed by atoms with Crippen molar-refractivity contribution < 1.29 is 4.42 Å². The summed E-state index contributed by atoms with van der Waals surface area (Å²) in [4.78, 5) is 5.01. The second kappa shape index (κ2) is 11.9. The third-order valence-electron chi connectivity index (χ3n) is 10.2. The summed E-state index contributed by atoms with van der Waals surface area (Å²) in [7, 11) is 0. The fraction of sp³-hybridized carbons (Fsp3) is 0.128. The fourth-order valence-corrected chi connectivity index (χ4v) is 7.75. The van der Waals surface area contributed by atoms with Crippen LogP contribution in [0.25, 0.3) is 82.8 Å². The van der Waals surface area contributed by atoms with Crippen LogP contribution in [0.2, 0.25) is 0 Å². The van der Waals surface area contributed by atoms with Crippen molar-refractivity contribution in [1.29, 1.82) is 0 Å². The van der Waals surface area contributed by atoms with Gasteiger partial charge in [-0.25, -0.2) is 4.98 Å². The Balaban J connectivity index is 1.26. The molecule has 0 aliphatic carbocycles. The first-order valence-corrected chi connectivity index (χ1v) is 17.6. The summed E-state index contributed by atoms with van der Waals surface area (Å²) >= 11 is 0. The van der Waals surface area contributed by atoms with E-state index in [1.807, 2.05) is 6.20 Å². The first kappa shape index (κ1) is 30.2. The number of hydrogen-bond donors (Lipinski definition) is 0. The molecule has 0 aliphatic rings. The van der Waals surface area contributed by atoms with Gasteiger partial charge in [0.25, 0.3) is 0 Å². The van der Waals surface area contributed by atoms with Crippen LogP contribution in [0, 0.1) is 0 Å². The second-order valence-electron chi connectivity index (χ2n) is 14.0. The number of furan rings is 1. The Hall–Kier alpha value is -5.93. The monoisotopic (exact) mass is 646 g/mol. The molecule has 0 spiro atoms. The van der Waals surface area contributed by atoms with Crippen molar-refractivity contribution in [3.8, 4) is 39.3 Å². The van der Waals surface area contributed by atoms with E-state index >= 15 is 0 Å². The number of imidazole rings is 1. The summed E-state index contributed by atoms with van der Waals surface area (Å²) in [5.74, 6) is 1.50. The Bertz CT molecular complexity index is 2670. The molecule has 50 heavy (non-hydrogen) atoms. The lowest BCUT2D eigenvalue weighted by molar-refractivity contribution is 0.670. The van der Waals surface area contributed by atoms with Crippen LogP contribution in [0.1, 0.15) is 50.7 Å². The van der Waals surface area contributed by atoms with E-state index in [1.165, 1.54) is 60.6 Å². The van der Waals surface area contributed by atoms with Crippen LogP contribution in [0.3, 0.4) is 0 Å². The first-order valence-electron chi connectivity index (χ1n) is 17.6. The highest BCUT2D eigenvalue weighted by Gasteiger charge is 2.23. The van der Waals surface area contributed by atoms with Crippen molar-refractivity contribution in [1.82, 2.24) is 9.55 Å². The molecule has 3 heteroatoms. The molecule has 242 valence electrons. The van der Waals surface area contributed by atoms with E-state index in [1.54, 1.807) is 0 Å². The normalized spacial score (nSPS) is 12.0. The minimum Gasteiger partial charge on any atom is -0.455 e. The molecule has 0 saturated carbocycles.